The second kappa shape index (κ2) is 10.9. The molecule has 11 nitrogen and oxygen atoms in total. The van der Waals surface area contributed by atoms with E-state index in [1.807, 2.05) is 27.7 Å². The third-order valence-electron chi connectivity index (χ3n) is 6.59. The number of hydrogen-bond acceptors (Lipinski definition) is 8. The summed E-state index contributed by atoms with van der Waals surface area (Å²) in [5.74, 6) is 5.65. The van der Waals surface area contributed by atoms with E-state index in [1.54, 1.807) is 0 Å². The number of H-pyrrole nitrogens is 1. The molecule has 3 rings (SSSR count). The van der Waals surface area contributed by atoms with Crippen molar-refractivity contribution in [3.05, 3.63) is 32.6 Å². The van der Waals surface area contributed by atoms with E-state index in [0.29, 0.717) is 25.9 Å². The van der Waals surface area contributed by atoms with Gasteiger partial charge in [0.25, 0.3) is 5.56 Å². The van der Waals surface area contributed by atoms with Crippen molar-refractivity contribution < 1.29 is 30.0 Å². The Morgan fingerprint density at radius 3 is 2.40 bits per heavy atom. The van der Waals surface area contributed by atoms with E-state index < -0.39 is 53.5 Å². The van der Waals surface area contributed by atoms with Crippen molar-refractivity contribution in [1.82, 2.24) is 14.6 Å². The van der Waals surface area contributed by atoms with E-state index in [0.717, 1.165) is 17.4 Å². The first-order valence-corrected chi connectivity index (χ1v) is 11.9. The summed E-state index contributed by atoms with van der Waals surface area (Å²) >= 11 is 0. The number of hydroxylamine groups is 2. The molecule has 11 heteroatoms. The van der Waals surface area contributed by atoms with Gasteiger partial charge >= 0.3 is 5.69 Å². The molecule has 2 aliphatic rings. The monoisotopic (exact) mass is 494 g/mol. The number of aromatic nitrogens is 2. The molecule has 3 heterocycles. The molecule has 1 aromatic heterocycles. The topological polar surface area (TPSA) is 157 Å². The maximum Gasteiger partial charge on any atom is 0.330 e. The van der Waals surface area contributed by atoms with Crippen LogP contribution in [0.1, 0.15) is 71.6 Å². The molecule has 0 saturated carbocycles. The molecule has 1 aromatic rings. The van der Waals surface area contributed by atoms with Crippen LogP contribution in [0.5, 0.6) is 0 Å². The molecule has 0 aromatic carbocycles. The predicted molar refractivity (Wildman–Crippen MR) is 125 cm³/mol. The number of rotatable bonds is 7. The van der Waals surface area contributed by atoms with Gasteiger partial charge in [-0.1, -0.05) is 11.8 Å². The highest BCUT2D eigenvalue weighted by atomic mass is 16.6. The minimum atomic E-state index is -1.45. The van der Waals surface area contributed by atoms with Crippen LogP contribution in [0.3, 0.4) is 0 Å². The van der Waals surface area contributed by atoms with E-state index in [1.165, 1.54) is 11.3 Å². The van der Waals surface area contributed by atoms with Crippen molar-refractivity contribution in [3.8, 4) is 11.8 Å². The third kappa shape index (κ3) is 6.21. The number of hydrogen-bond donors (Lipinski definition) is 4. The fraction of sp³-hybridized carbons (Fsp3) is 0.750. The van der Waals surface area contributed by atoms with Crippen molar-refractivity contribution in [1.29, 1.82) is 0 Å². The summed E-state index contributed by atoms with van der Waals surface area (Å²) in [5.41, 5.74) is -2.41. The Hall–Kier alpha value is -2.04. The molecule has 195 valence electrons. The van der Waals surface area contributed by atoms with Gasteiger partial charge in [0.1, 0.15) is 23.9 Å². The molecule has 0 unspecified atom stereocenters. The molecule has 1 radical (unpaired) electrons. The van der Waals surface area contributed by atoms with Gasteiger partial charge in [-0.2, -0.15) is 0 Å². The van der Waals surface area contributed by atoms with Gasteiger partial charge in [-0.25, -0.2) is 4.79 Å². The summed E-state index contributed by atoms with van der Waals surface area (Å²) in [5, 5.41) is 42.9. The summed E-state index contributed by atoms with van der Waals surface area (Å²) in [6.07, 6.45) is -0.551. The van der Waals surface area contributed by atoms with Gasteiger partial charge in [-0.3, -0.25) is 14.3 Å². The molecule has 0 spiro atoms. The second-order valence-corrected chi connectivity index (χ2v) is 10.5. The standard InChI is InChI=1S/C24H36N3O8/c1-23(2)11-16(12-24(3,4)27(23)33)34-10-8-6-5-7-9-15-13-26(22(32)25-20(15)31)21-19(30)18(29)17(14-28)35-21/h13,16-19,21,28-30H,5-6,8,10-12,14H2,1-4H3,(H,25,31,32)/t17-,18-,19-,21-/m1/s1. The number of aliphatic hydroxyl groups excluding tert-OH is 3. The molecule has 4 N–H and O–H groups in total. The largest absolute Gasteiger partial charge is 0.394 e. The molecule has 2 saturated heterocycles. The molecular formula is C24H36N3O8. The van der Waals surface area contributed by atoms with Crippen LogP contribution in [0.15, 0.2) is 15.8 Å². The number of ether oxygens (including phenoxy) is 2. The number of unbranched alkanes of at least 4 members (excludes halogenated alkanes) is 2. The van der Waals surface area contributed by atoms with E-state index in [9.17, 15) is 30.1 Å². The van der Waals surface area contributed by atoms with Crippen molar-refractivity contribution in [3.63, 3.8) is 0 Å². The van der Waals surface area contributed by atoms with Crippen LogP contribution in [-0.2, 0) is 14.7 Å². The molecule has 2 fully saturated rings. The second-order valence-electron chi connectivity index (χ2n) is 10.5. The van der Waals surface area contributed by atoms with Gasteiger partial charge < -0.3 is 24.8 Å². The highest BCUT2D eigenvalue weighted by Crippen LogP contribution is 2.38. The summed E-state index contributed by atoms with van der Waals surface area (Å²) in [6.45, 7) is 7.76. The SMILES string of the molecule is CC1(C)CC(OCCCCC#Cc2cn([C@@H]3O[C@H](CO)[C@@H](O)[C@H]3O)c(=O)[nH]c2=O)CC(C)(C)N1[O]. The molecule has 0 amide bonds. The number of nitrogens with zero attached hydrogens (tertiary/aromatic N) is 2. The fourth-order valence-corrected chi connectivity index (χ4v) is 4.89. The van der Waals surface area contributed by atoms with Crippen LogP contribution >= 0.6 is 0 Å². The zero-order valence-electron chi connectivity index (χ0n) is 20.7. The average Bonchev–Trinajstić information content (AvgIpc) is 3.06. The first-order chi connectivity index (χ1) is 16.4. The summed E-state index contributed by atoms with van der Waals surface area (Å²) in [6, 6.07) is 0. The number of aliphatic hydroxyl groups is 3. The zero-order chi connectivity index (χ0) is 26.0. The van der Waals surface area contributed by atoms with Crippen molar-refractivity contribution in [2.24, 2.45) is 0 Å². The van der Waals surface area contributed by atoms with Gasteiger partial charge in [-0.05, 0) is 53.4 Å². The van der Waals surface area contributed by atoms with Crippen molar-refractivity contribution in [2.75, 3.05) is 13.2 Å². The van der Waals surface area contributed by atoms with Gasteiger partial charge in [-0.15, -0.1) is 10.3 Å². The zero-order valence-corrected chi connectivity index (χ0v) is 20.7. The summed E-state index contributed by atoms with van der Waals surface area (Å²) in [7, 11) is 0. The number of piperidine rings is 1. The van der Waals surface area contributed by atoms with Crippen molar-refractivity contribution in [2.45, 2.75) is 102 Å². The minimum absolute atomic E-state index is 0.0208. The van der Waals surface area contributed by atoms with Crippen molar-refractivity contribution >= 4 is 0 Å². The Morgan fingerprint density at radius 2 is 1.80 bits per heavy atom. The smallest absolute Gasteiger partial charge is 0.330 e. The maximum atomic E-state index is 12.4. The number of aromatic amines is 1. The summed E-state index contributed by atoms with van der Waals surface area (Å²) in [4.78, 5) is 26.5. The van der Waals surface area contributed by atoms with Crippen LogP contribution in [-0.4, -0.2) is 78.6 Å². The quantitative estimate of drug-likeness (QED) is 0.306. The Bertz CT molecular complexity index is 1040. The van der Waals surface area contributed by atoms with E-state index in [2.05, 4.69) is 16.8 Å². The minimum Gasteiger partial charge on any atom is -0.394 e. The lowest BCUT2D eigenvalue weighted by Gasteiger charge is -2.49. The lowest BCUT2D eigenvalue weighted by molar-refractivity contribution is -0.301. The highest BCUT2D eigenvalue weighted by Gasteiger charge is 2.46. The summed E-state index contributed by atoms with van der Waals surface area (Å²) < 4.78 is 12.3. The molecule has 0 bridgehead atoms. The Kier molecular flexibility index (Phi) is 8.60. The fourth-order valence-electron chi connectivity index (χ4n) is 4.89. The molecule has 35 heavy (non-hydrogen) atoms. The van der Waals surface area contributed by atoms with Gasteiger partial charge in [0.2, 0.25) is 0 Å². The molecule has 2 aliphatic heterocycles. The Balaban J connectivity index is 1.52. The highest BCUT2D eigenvalue weighted by molar-refractivity contribution is 5.29. The van der Waals surface area contributed by atoms with Gasteiger partial charge in [0.15, 0.2) is 6.23 Å². The van der Waals surface area contributed by atoms with Gasteiger partial charge in [0.05, 0.1) is 12.7 Å². The third-order valence-corrected chi connectivity index (χ3v) is 6.59. The van der Waals surface area contributed by atoms with E-state index in [4.69, 9.17) is 9.47 Å². The normalized spacial score (nSPS) is 28.6. The first-order valence-electron chi connectivity index (χ1n) is 11.9. The lowest BCUT2D eigenvalue weighted by Crippen LogP contribution is -2.59. The molecule has 0 aliphatic carbocycles. The van der Waals surface area contributed by atoms with Gasteiger partial charge in [0, 0.05) is 30.3 Å². The van der Waals surface area contributed by atoms with E-state index in [-0.39, 0.29) is 11.7 Å². The van der Waals surface area contributed by atoms with Crippen LogP contribution in [0.4, 0.5) is 0 Å². The lowest BCUT2D eigenvalue weighted by atomic mass is 9.80. The first kappa shape index (κ1) is 27.5. The van der Waals surface area contributed by atoms with Crippen LogP contribution < -0.4 is 11.2 Å². The maximum absolute atomic E-state index is 12.4. The van der Waals surface area contributed by atoms with Crippen LogP contribution in [0.25, 0.3) is 0 Å². The Morgan fingerprint density at radius 1 is 1.14 bits per heavy atom. The predicted octanol–water partition coefficient (Wildman–Crippen LogP) is 0.0536. The number of nitrogens with one attached hydrogen (secondary N) is 1. The van der Waals surface area contributed by atoms with E-state index >= 15 is 0 Å². The molecule has 4 atom stereocenters. The Labute approximate surface area is 204 Å². The van der Waals surface area contributed by atoms with Crippen LogP contribution in [0.2, 0.25) is 0 Å². The molecular weight excluding hydrogens is 458 g/mol. The average molecular weight is 495 g/mol. The van der Waals surface area contributed by atoms with Crippen LogP contribution in [0, 0.1) is 11.8 Å².